The van der Waals surface area contributed by atoms with Crippen molar-refractivity contribution < 1.29 is 53.8 Å². The molecular weight excluding hydrogens is 643 g/mol. The second-order valence-electron chi connectivity index (χ2n) is 12.9. The normalized spacial score (nSPS) is 25.7. The third kappa shape index (κ3) is 5.18. The minimum absolute atomic E-state index is 0.0508. The number of aliphatic carboxylic acids is 1. The predicted molar refractivity (Wildman–Crippen MR) is 152 cm³/mol. The number of aryl methyl sites for hydroxylation is 1. The third-order valence-corrected chi connectivity index (χ3v) is 12.6. The Labute approximate surface area is 261 Å². The molecule has 0 aromatic heterocycles. The van der Waals surface area contributed by atoms with E-state index in [4.69, 9.17) is 0 Å². The molecule has 1 heterocycles. The van der Waals surface area contributed by atoms with Crippen LogP contribution in [-0.4, -0.2) is 55.2 Å². The zero-order chi connectivity index (χ0) is 34.0. The lowest BCUT2D eigenvalue weighted by Gasteiger charge is -2.44. The van der Waals surface area contributed by atoms with Gasteiger partial charge in [-0.3, -0.25) is 9.59 Å². The van der Waals surface area contributed by atoms with E-state index < -0.39 is 62.0 Å². The van der Waals surface area contributed by atoms with Crippen LogP contribution >= 0.6 is 0 Å². The minimum atomic E-state index is -6.34. The average Bonchev–Trinajstić information content (AvgIpc) is 3.40. The van der Waals surface area contributed by atoms with Gasteiger partial charge >= 0.3 is 24.0 Å². The van der Waals surface area contributed by atoms with Crippen molar-refractivity contribution in [2.75, 3.05) is 6.54 Å². The van der Waals surface area contributed by atoms with E-state index in [1.54, 1.807) is 12.1 Å². The fraction of sp³-hybridized carbons (Fsp3) is 0.562. The van der Waals surface area contributed by atoms with Gasteiger partial charge in [-0.25, -0.2) is 12.8 Å². The second-order valence-corrected chi connectivity index (χ2v) is 15.1. The van der Waals surface area contributed by atoms with Crippen LogP contribution in [0.2, 0.25) is 0 Å². The first kappa shape index (κ1) is 34.2. The minimum Gasteiger partial charge on any atom is -0.481 e. The first-order chi connectivity index (χ1) is 21.3. The van der Waals surface area contributed by atoms with E-state index in [9.17, 15) is 49.5 Å². The van der Waals surface area contributed by atoms with E-state index >= 15 is 4.39 Å². The number of amides is 1. The molecule has 2 unspecified atom stereocenters. The molecule has 2 aliphatic carbocycles. The lowest BCUT2D eigenvalue weighted by molar-refractivity contribution is -0.348. The Morgan fingerprint density at radius 1 is 0.891 bits per heavy atom. The van der Waals surface area contributed by atoms with Crippen molar-refractivity contribution in [2.45, 2.75) is 98.4 Å². The van der Waals surface area contributed by atoms with Crippen LogP contribution in [0.25, 0.3) is 0 Å². The average molecular weight is 678 g/mol. The van der Waals surface area contributed by atoms with E-state index in [0.717, 1.165) is 6.07 Å². The van der Waals surface area contributed by atoms with Crippen molar-refractivity contribution in [3.63, 3.8) is 0 Å². The summed E-state index contributed by atoms with van der Waals surface area (Å²) in [7, 11) is -4.46. The number of carboxylic acid groups (broad SMARTS) is 1. The van der Waals surface area contributed by atoms with Gasteiger partial charge < -0.3 is 10.0 Å². The fourth-order valence-electron chi connectivity index (χ4n) is 7.57. The Balaban J connectivity index is 1.64. The zero-order valence-corrected chi connectivity index (χ0v) is 25.9. The van der Waals surface area contributed by atoms with Crippen LogP contribution in [0.4, 0.5) is 30.7 Å². The Bertz CT molecular complexity index is 1620. The summed E-state index contributed by atoms with van der Waals surface area (Å²) in [5.41, 5.74) is -6.92. The standard InChI is InChI=1S/C32H34F7NO5S/c1-18(2)21-4-3-5-24(17-21)46(44,45)29-14-15-40(27(41)19-6-8-20(9-7-19)28(42)43)26(29)13-10-22-16-23(11-12-25(22)29)30(33,31(34,35)36)32(37,38)39/h3-5,11-12,16-20,26H,6-10,13-15H2,1-2H3,(H,42,43)/t19-,20-,26?,29?. The summed E-state index contributed by atoms with van der Waals surface area (Å²) in [6, 6.07) is 6.77. The maximum absolute atomic E-state index is 15.1. The molecule has 1 saturated heterocycles. The monoisotopic (exact) mass is 677 g/mol. The quantitative estimate of drug-likeness (QED) is 0.327. The highest BCUT2D eigenvalue weighted by atomic mass is 32.2. The third-order valence-electron chi connectivity index (χ3n) is 10.1. The number of nitrogens with zero attached hydrogens (tertiary/aromatic N) is 1. The molecule has 1 saturated carbocycles. The van der Waals surface area contributed by atoms with Gasteiger partial charge in [0, 0.05) is 18.0 Å². The molecule has 2 atom stereocenters. The van der Waals surface area contributed by atoms with Gasteiger partial charge in [-0.15, -0.1) is 0 Å². The Morgan fingerprint density at radius 2 is 1.50 bits per heavy atom. The smallest absolute Gasteiger partial charge is 0.435 e. The second kappa shape index (κ2) is 11.5. The lowest BCUT2D eigenvalue weighted by atomic mass is 9.76. The number of rotatable bonds is 6. The molecule has 6 nitrogen and oxygen atoms in total. The summed E-state index contributed by atoms with van der Waals surface area (Å²) in [5.74, 6) is -2.55. The number of likely N-dealkylation sites (tertiary alicyclic amines) is 1. The highest BCUT2D eigenvalue weighted by Crippen LogP contribution is 2.57. The van der Waals surface area contributed by atoms with Crippen molar-refractivity contribution in [2.24, 2.45) is 11.8 Å². The van der Waals surface area contributed by atoms with Crippen molar-refractivity contribution in [3.05, 3.63) is 64.7 Å². The van der Waals surface area contributed by atoms with E-state index in [0.29, 0.717) is 17.7 Å². The van der Waals surface area contributed by atoms with Crippen molar-refractivity contribution in [3.8, 4) is 0 Å². The van der Waals surface area contributed by atoms with E-state index in [1.165, 1.54) is 17.0 Å². The first-order valence-corrected chi connectivity index (χ1v) is 16.6. The van der Waals surface area contributed by atoms with Gasteiger partial charge in [0.1, 0.15) is 4.75 Å². The predicted octanol–water partition coefficient (Wildman–Crippen LogP) is 7.21. The highest BCUT2D eigenvalue weighted by molar-refractivity contribution is 7.92. The molecule has 2 fully saturated rings. The molecule has 2 aromatic carbocycles. The summed E-state index contributed by atoms with van der Waals surface area (Å²) >= 11 is 0. The first-order valence-electron chi connectivity index (χ1n) is 15.1. The van der Waals surface area contributed by atoms with Crippen LogP contribution in [-0.2, 0) is 36.3 Å². The number of hydrogen-bond acceptors (Lipinski definition) is 4. The van der Waals surface area contributed by atoms with Crippen LogP contribution in [0.15, 0.2) is 47.4 Å². The van der Waals surface area contributed by atoms with Crippen LogP contribution in [0.5, 0.6) is 0 Å². The number of sulfone groups is 1. The molecule has 5 rings (SSSR count). The number of carboxylic acids is 1. The summed E-state index contributed by atoms with van der Waals surface area (Å²) in [6.45, 7) is 3.65. The Morgan fingerprint density at radius 3 is 2.07 bits per heavy atom. The van der Waals surface area contributed by atoms with Crippen LogP contribution in [0.1, 0.15) is 80.5 Å². The van der Waals surface area contributed by atoms with Gasteiger partial charge in [0.05, 0.1) is 16.9 Å². The van der Waals surface area contributed by atoms with Crippen molar-refractivity contribution >= 4 is 21.7 Å². The number of alkyl halides is 7. The van der Waals surface area contributed by atoms with Gasteiger partial charge in [0.2, 0.25) is 5.91 Å². The molecule has 0 spiro atoms. The molecule has 2 aromatic rings. The summed E-state index contributed by atoms with van der Waals surface area (Å²) < 4.78 is 124. The van der Waals surface area contributed by atoms with Gasteiger partial charge in [0.25, 0.3) is 0 Å². The summed E-state index contributed by atoms with van der Waals surface area (Å²) in [6.07, 6.45) is -12.1. The van der Waals surface area contributed by atoms with Crippen LogP contribution in [0.3, 0.4) is 0 Å². The molecule has 1 aliphatic heterocycles. The van der Waals surface area contributed by atoms with Crippen molar-refractivity contribution in [1.29, 1.82) is 0 Å². The fourth-order valence-corrected chi connectivity index (χ4v) is 9.99. The molecule has 0 bridgehead atoms. The molecule has 0 radical (unpaired) electrons. The number of carbonyl (C=O) groups excluding carboxylic acids is 1. The number of carbonyl (C=O) groups is 2. The Hall–Kier alpha value is -3.16. The van der Waals surface area contributed by atoms with Crippen LogP contribution < -0.4 is 0 Å². The highest BCUT2D eigenvalue weighted by Gasteiger charge is 2.74. The van der Waals surface area contributed by atoms with Gasteiger partial charge in [-0.1, -0.05) is 44.2 Å². The van der Waals surface area contributed by atoms with Gasteiger partial charge in [-0.05, 0) is 79.7 Å². The summed E-state index contributed by atoms with van der Waals surface area (Å²) in [5, 5.41) is 9.36. The lowest BCUT2D eigenvalue weighted by Crippen LogP contribution is -2.53. The van der Waals surface area contributed by atoms with Crippen molar-refractivity contribution in [1.82, 2.24) is 4.90 Å². The molecule has 3 aliphatic rings. The number of hydrogen-bond donors (Lipinski definition) is 1. The van der Waals surface area contributed by atoms with E-state index in [1.807, 2.05) is 13.8 Å². The topological polar surface area (TPSA) is 91.8 Å². The van der Waals surface area contributed by atoms with E-state index in [2.05, 4.69) is 0 Å². The summed E-state index contributed by atoms with van der Waals surface area (Å²) in [4.78, 5) is 26.6. The van der Waals surface area contributed by atoms with Gasteiger partial charge in [0.15, 0.2) is 9.84 Å². The number of benzene rings is 2. The molecule has 1 N–H and O–H groups in total. The van der Waals surface area contributed by atoms with Gasteiger partial charge in [-0.2, -0.15) is 26.3 Å². The molecule has 1 amide bonds. The molecule has 46 heavy (non-hydrogen) atoms. The van der Waals surface area contributed by atoms with Crippen LogP contribution in [0, 0.1) is 11.8 Å². The molecular formula is C32H34F7NO5S. The Kier molecular flexibility index (Phi) is 8.56. The number of halogens is 7. The SMILES string of the molecule is CC(C)c1cccc(S(=O)(=O)C23CCN(C(=O)[C@H]4CC[C@H](C(=O)O)CC4)C2CCc2cc(C(F)(C(F)(F)F)C(F)(F)F)ccc23)c1. The molecule has 252 valence electrons. The van der Waals surface area contributed by atoms with E-state index in [-0.39, 0.29) is 79.3 Å². The maximum atomic E-state index is 15.1. The zero-order valence-electron chi connectivity index (χ0n) is 25.1. The molecule has 14 heteroatoms. The maximum Gasteiger partial charge on any atom is 0.435 e. The number of fused-ring (bicyclic) bond motifs is 3. The largest absolute Gasteiger partial charge is 0.481 e.